The van der Waals surface area contributed by atoms with Crippen LogP contribution in [0.1, 0.15) is 16.1 Å². The van der Waals surface area contributed by atoms with Crippen molar-refractivity contribution in [3.05, 3.63) is 90.3 Å². The van der Waals surface area contributed by atoms with Gasteiger partial charge in [0.25, 0.3) is 5.91 Å². The van der Waals surface area contributed by atoms with Gasteiger partial charge in [-0.25, -0.2) is 9.97 Å². The molecule has 4 nitrogen and oxygen atoms in total. The van der Waals surface area contributed by atoms with Crippen molar-refractivity contribution in [1.29, 1.82) is 0 Å². The van der Waals surface area contributed by atoms with Crippen LogP contribution in [0.15, 0.2) is 79.0 Å². The lowest BCUT2D eigenvalue weighted by Gasteiger charge is -2.10. The summed E-state index contributed by atoms with van der Waals surface area (Å²) in [6, 6.07) is 23.3. The Labute approximate surface area is 151 Å². The average Bonchev–Trinajstić information content (AvgIpc) is 2.68. The Morgan fingerprint density at radius 3 is 2.46 bits per heavy atom. The fourth-order valence-corrected chi connectivity index (χ4v) is 2.98. The number of hydrogen-bond donors (Lipinski definition) is 1. The molecule has 126 valence electrons. The number of carbonyl (C=O) groups is 1. The Balaban J connectivity index is 1.78. The van der Waals surface area contributed by atoms with Crippen LogP contribution in [0.3, 0.4) is 0 Å². The Morgan fingerprint density at radius 1 is 0.846 bits per heavy atom. The summed E-state index contributed by atoms with van der Waals surface area (Å²) in [4.78, 5) is 21.3. The molecule has 1 N–H and O–H groups in total. The number of anilines is 1. The van der Waals surface area contributed by atoms with Gasteiger partial charge in [-0.3, -0.25) is 4.79 Å². The average molecular weight is 339 g/mol. The molecule has 0 saturated carbocycles. The van der Waals surface area contributed by atoms with Crippen LogP contribution in [-0.2, 0) is 0 Å². The molecule has 4 rings (SSSR count). The molecule has 0 spiro atoms. The molecule has 0 saturated heterocycles. The number of aryl methyl sites for hydroxylation is 1. The van der Waals surface area contributed by atoms with Crippen molar-refractivity contribution in [1.82, 2.24) is 9.97 Å². The molecule has 26 heavy (non-hydrogen) atoms. The van der Waals surface area contributed by atoms with Gasteiger partial charge in [0.2, 0.25) is 0 Å². The summed E-state index contributed by atoms with van der Waals surface area (Å²) in [6.07, 6.45) is 1.64. The van der Waals surface area contributed by atoms with Crippen LogP contribution in [0.4, 0.5) is 5.82 Å². The second-order valence-electron chi connectivity index (χ2n) is 6.06. The minimum atomic E-state index is -0.273. The minimum Gasteiger partial charge on any atom is -0.305 e. The van der Waals surface area contributed by atoms with Gasteiger partial charge in [0.1, 0.15) is 11.5 Å². The Hall–Kier alpha value is -3.53. The van der Waals surface area contributed by atoms with Gasteiger partial charge >= 0.3 is 0 Å². The fraction of sp³-hybridized carbons (Fsp3) is 0.0455. The monoisotopic (exact) mass is 339 g/mol. The normalized spacial score (nSPS) is 10.7. The predicted molar refractivity (Wildman–Crippen MR) is 104 cm³/mol. The van der Waals surface area contributed by atoms with E-state index in [1.807, 2.05) is 42.5 Å². The first-order chi connectivity index (χ1) is 12.7. The number of rotatable bonds is 3. The van der Waals surface area contributed by atoms with E-state index in [9.17, 15) is 4.79 Å². The third-order valence-electron chi connectivity index (χ3n) is 4.29. The first kappa shape index (κ1) is 16.0. The number of aromatic nitrogens is 2. The molecular weight excluding hydrogens is 322 g/mol. The van der Waals surface area contributed by atoms with Crippen molar-refractivity contribution >= 4 is 22.6 Å². The van der Waals surface area contributed by atoms with Crippen molar-refractivity contribution in [2.45, 2.75) is 6.92 Å². The minimum absolute atomic E-state index is 0.273. The lowest BCUT2D eigenvalue weighted by Crippen LogP contribution is -2.14. The molecule has 1 amide bonds. The number of amides is 1. The molecule has 0 fully saturated rings. The second kappa shape index (κ2) is 6.76. The SMILES string of the molecule is Cc1ccccc1-c1cccc2ccc(C(=O)Nc3ccccn3)nc12. The maximum atomic E-state index is 12.6. The zero-order chi connectivity index (χ0) is 17.9. The van der Waals surface area contributed by atoms with E-state index in [-0.39, 0.29) is 5.91 Å². The molecule has 2 aromatic carbocycles. The maximum Gasteiger partial charge on any atom is 0.275 e. The predicted octanol–water partition coefficient (Wildman–Crippen LogP) is 4.86. The Kier molecular flexibility index (Phi) is 4.15. The van der Waals surface area contributed by atoms with Crippen molar-refractivity contribution in [2.24, 2.45) is 0 Å². The summed E-state index contributed by atoms with van der Waals surface area (Å²) in [5.74, 6) is 0.233. The van der Waals surface area contributed by atoms with Gasteiger partial charge in [-0.1, -0.05) is 54.6 Å². The molecular formula is C22H17N3O. The van der Waals surface area contributed by atoms with Crippen LogP contribution < -0.4 is 5.32 Å². The molecule has 2 aromatic heterocycles. The highest BCUT2D eigenvalue weighted by atomic mass is 16.1. The van der Waals surface area contributed by atoms with Crippen LogP contribution in [0.5, 0.6) is 0 Å². The van der Waals surface area contributed by atoms with Gasteiger partial charge < -0.3 is 5.32 Å². The van der Waals surface area contributed by atoms with E-state index in [4.69, 9.17) is 0 Å². The molecule has 0 unspecified atom stereocenters. The topological polar surface area (TPSA) is 54.9 Å². The molecule has 4 aromatic rings. The van der Waals surface area contributed by atoms with E-state index in [1.54, 1.807) is 24.4 Å². The van der Waals surface area contributed by atoms with E-state index >= 15 is 0 Å². The van der Waals surface area contributed by atoms with Gasteiger partial charge in [-0.2, -0.15) is 0 Å². The van der Waals surface area contributed by atoms with Crippen LogP contribution >= 0.6 is 0 Å². The first-order valence-corrected chi connectivity index (χ1v) is 8.40. The van der Waals surface area contributed by atoms with E-state index in [0.717, 1.165) is 22.0 Å². The zero-order valence-corrected chi connectivity index (χ0v) is 14.3. The number of hydrogen-bond acceptors (Lipinski definition) is 3. The number of nitrogens with zero attached hydrogens (tertiary/aromatic N) is 2. The van der Waals surface area contributed by atoms with Crippen molar-refractivity contribution in [3.63, 3.8) is 0 Å². The molecule has 2 heterocycles. The third kappa shape index (κ3) is 3.05. The lowest BCUT2D eigenvalue weighted by atomic mass is 9.98. The lowest BCUT2D eigenvalue weighted by molar-refractivity contribution is 0.102. The van der Waals surface area contributed by atoms with Gasteiger partial charge in [0.05, 0.1) is 5.52 Å². The highest BCUT2D eigenvalue weighted by molar-refractivity contribution is 6.05. The van der Waals surface area contributed by atoms with Gasteiger partial charge in [0, 0.05) is 17.1 Å². The van der Waals surface area contributed by atoms with E-state index < -0.39 is 0 Å². The number of benzene rings is 2. The Morgan fingerprint density at radius 2 is 1.65 bits per heavy atom. The molecule has 0 aliphatic heterocycles. The smallest absolute Gasteiger partial charge is 0.275 e. The van der Waals surface area contributed by atoms with Gasteiger partial charge in [0.15, 0.2) is 0 Å². The molecule has 0 bridgehead atoms. The summed E-state index contributed by atoms with van der Waals surface area (Å²) in [7, 11) is 0. The van der Waals surface area contributed by atoms with E-state index in [0.29, 0.717) is 11.5 Å². The van der Waals surface area contributed by atoms with Crippen molar-refractivity contribution in [2.75, 3.05) is 5.32 Å². The maximum absolute atomic E-state index is 12.6. The summed E-state index contributed by atoms with van der Waals surface area (Å²) in [5.41, 5.74) is 4.49. The molecule has 0 aliphatic carbocycles. The summed E-state index contributed by atoms with van der Waals surface area (Å²) in [6.45, 7) is 2.08. The van der Waals surface area contributed by atoms with Crippen LogP contribution in [-0.4, -0.2) is 15.9 Å². The zero-order valence-electron chi connectivity index (χ0n) is 14.3. The molecule has 0 aliphatic rings. The van der Waals surface area contributed by atoms with Crippen LogP contribution in [0, 0.1) is 6.92 Å². The van der Waals surface area contributed by atoms with Crippen molar-refractivity contribution in [3.8, 4) is 11.1 Å². The summed E-state index contributed by atoms with van der Waals surface area (Å²) < 4.78 is 0. The third-order valence-corrected chi connectivity index (χ3v) is 4.29. The number of pyridine rings is 2. The van der Waals surface area contributed by atoms with E-state index in [1.165, 1.54) is 5.56 Å². The highest BCUT2D eigenvalue weighted by Crippen LogP contribution is 2.29. The van der Waals surface area contributed by atoms with Gasteiger partial charge in [-0.05, 0) is 36.2 Å². The second-order valence-corrected chi connectivity index (χ2v) is 6.06. The number of carbonyl (C=O) groups excluding carboxylic acids is 1. The molecule has 0 atom stereocenters. The van der Waals surface area contributed by atoms with E-state index in [2.05, 4.69) is 34.3 Å². The largest absolute Gasteiger partial charge is 0.305 e. The van der Waals surface area contributed by atoms with Gasteiger partial charge in [-0.15, -0.1) is 0 Å². The molecule has 0 radical (unpaired) electrons. The van der Waals surface area contributed by atoms with Crippen LogP contribution in [0.2, 0.25) is 0 Å². The fourth-order valence-electron chi connectivity index (χ4n) is 2.98. The number of para-hydroxylation sites is 1. The highest BCUT2D eigenvalue weighted by Gasteiger charge is 2.12. The quantitative estimate of drug-likeness (QED) is 0.580. The summed E-state index contributed by atoms with van der Waals surface area (Å²) in [5, 5.41) is 3.78. The Bertz CT molecular complexity index is 1090. The summed E-state index contributed by atoms with van der Waals surface area (Å²) >= 11 is 0. The number of fused-ring (bicyclic) bond motifs is 1. The first-order valence-electron chi connectivity index (χ1n) is 8.40. The number of nitrogens with one attached hydrogen (secondary N) is 1. The standard InChI is InChI=1S/C22H17N3O/c1-15-7-2-3-9-17(15)18-10-6-8-16-12-13-19(24-21(16)18)22(26)25-20-11-4-5-14-23-20/h2-14H,1H3,(H,23,25,26). The van der Waals surface area contributed by atoms with Crippen molar-refractivity contribution < 1.29 is 4.79 Å². The molecule has 4 heteroatoms. The van der Waals surface area contributed by atoms with Crippen LogP contribution in [0.25, 0.3) is 22.0 Å².